The molecule has 2 heterocycles. The average Bonchev–Trinajstić information content (AvgIpc) is 3.02. The lowest BCUT2D eigenvalue weighted by Gasteiger charge is -1.93. The SMILES string of the molecule is NCc1ccc(CSc2nc3ccccc3s2)o1. The zero-order valence-electron chi connectivity index (χ0n) is 9.63. The highest BCUT2D eigenvalue weighted by Gasteiger charge is 2.06. The van der Waals surface area contributed by atoms with Gasteiger partial charge < -0.3 is 10.2 Å². The zero-order valence-corrected chi connectivity index (χ0v) is 11.3. The molecule has 0 aliphatic carbocycles. The van der Waals surface area contributed by atoms with Crippen molar-refractivity contribution in [3.8, 4) is 0 Å². The van der Waals surface area contributed by atoms with Crippen molar-refractivity contribution in [3.05, 3.63) is 47.9 Å². The van der Waals surface area contributed by atoms with Crippen LogP contribution in [0.4, 0.5) is 0 Å². The summed E-state index contributed by atoms with van der Waals surface area (Å²) in [5, 5.41) is 0. The van der Waals surface area contributed by atoms with E-state index in [2.05, 4.69) is 11.1 Å². The number of para-hydroxylation sites is 1. The number of hydrogen-bond acceptors (Lipinski definition) is 5. The minimum atomic E-state index is 0.450. The predicted molar refractivity (Wildman–Crippen MR) is 75.8 cm³/mol. The summed E-state index contributed by atoms with van der Waals surface area (Å²) in [6.07, 6.45) is 0. The third-order valence-corrected chi connectivity index (χ3v) is 4.73. The van der Waals surface area contributed by atoms with E-state index in [1.54, 1.807) is 23.1 Å². The van der Waals surface area contributed by atoms with Crippen LogP contribution in [0.3, 0.4) is 0 Å². The number of furan rings is 1. The molecule has 92 valence electrons. The molecule has 0 saturated heterocycles. The maximum absolute atomic E-state index is 5.56. The third-order valence-electron chi connectivity index (χ3n) is 2.53. The fourth-order valence-electron chi connectivity index (χ4n) is 1.66. The van der Waals surface area contributed by atoms with Crippen molar-refractivity contribution in [3.63, 3.8) is 0 Å². The molecule has 2 N–H and O–H groups in total. The summed E-state index contributed by atoms with van der Waals surface area (Å²) >= 11 is 3.41. The summed E-state index contributed by atoms with van der Waals surface area (Å²) in [5.41, 5.74) is 6.57. The van der Waals surface area contributed by atoms with E-state index in [9.17, 15) is 0 Å². The Bertz CT molecular complexity index is 627. The molecule has 3 aromatic rings. The van der Waals surface area contributed by atoms with Crippen molar-refractivity contribution in [2.24, 2.45) is 5.73 Å². The second-order valence-electron chi connectivity index (χ2n) is 3.81. The molecule has 2 aromatic heterocycles. The first-order valence-corrected chi connectivity index (χ1v) is 7.41. The van der Waals surface area contributed by atoms with Gasteiger partial charge in [-0.15, -0.1) is 11.3 Å². The Morgan fingerprint density at radius 3 is 2.78 bits per heavy atom. The van der Waals surface area contributed by atoms with E-state index in [0.29, 0.717) is 6.54 Å². The van der Waals surface area contributed by atoms with Crippen molar-refractivity contribution in [2.75, 3.05) is 0 Å². The lowest BCUT2D eigenvalue weighted by Crippen LogP contribution is -1.92. The van der Waals surface area contributed by atoms with Crippen molar-refractivity contribution >= 4 is 33.3 Å². The summed E-state index contributed by atoms with van der Waals surface area (Å²) in [7, 11) is 0. The van der Waals surface area contributed by atoms with Gasteiger partial charge in [-0.3, -0.25) is 0 Å². The minimum Gasteiger partial charge on any atom is -0.464 e. The monoisotopic (exact) mass is 276 g/mol. The van der Waals surface area contributed by atoms with Crippen molar-refractivity contribution in [2.45, 2.75) is 16.6 Å². The van der Waals surface area contributed by atoms with E-state index in [1.807, 2.05) is 30.3 Å². The third kappa shape index (κ3) is 2.43. The molecule has 0 unspecified atom stereocenters. The van der Waals surface area contributed by atoms with Gasteiger partial charge in [-0.2, -0.15) is 0 Å². The molecule has 18 heavy (non-hydrogen) atoms. The van der Waals surface area contributed by atoms with E-state index in [1.165, 1.54) is 4.70 Å². The summed E-state index contributed by atoms with van der Waals surface area (Å²) in [5.74, 6) is 2.56. The molecular formula is C13H12N2OS2. The van der Waals surface area contributed by atoms with Crippen LogP contribution < -0.4 is 5.73 Å². The minimum absolute atomic E-state index is 0.450. The lowest BCUT2D eigenvalue weighted by molar-refractivity contribution is 0.482. The molecule has 0 saturated carbocycles. The quantitative estimate of drug-likeness (QED) is 0.739. The van der Waals surface area contributed by atoms with E-state index < -0.39 is 0 Å². The van der Waals surface area contributed by atoms with Crippen LogP contribution in [0.1, 0.15) is 11.5 Å². The summed E-state index contributed by atoms with van der Waals surface area (Å²) in [6.45, 7) is 0.450. The van der Waals surface area contributed by atoms with Crippen LogP contribution in [0.25, 0.3) is 10.2 Å². The number of benzene rings is 1. The first-order chi connectivity index (χ1) is 8.85. The predicted octanol–water partition coefficient (Wildman–Crippen LogP) is 3.64. The smallest absolute Gasteiger partial charge is 0.151 e. The Hall–Kier alpha value is -1.30. The molecule has 5 heteroatoms. The highest BCUT2D eigenvalue weighted by molar-refractivity contribution is 8.00. The molecular weight excluding hydrogens is 264 g/mol. The van der Waals surface area contributed by atoms with Gasteiger partial charge in [0, 0.05) is 0 Å². The van der Waals surface area contributed by atoms with Gasteiger partial charge in [0.25, 0.3) is 0 Å². The van der Waals surface area contributed by atoms with Gasteiger partial charge in [-0.05, 0) is 24.3 Å². The number of aromatic nitrogens is 1. The molecule has 0 aliphatic heterocycles. The van der Waals surface area contributed by atoms with Gasteiger partial charge in [0.15, 0.2) is 4.34 Å². The van der Waals surface area contributed by atoms with Gasteiger partial charge in [0.1, 0.15) is 11.5 Å². The van der Waals surface area contributed by atoms with E-state index in [4.69, 9.17) is 10.2 Å². The fraction of sp³-hybridized carbons (Fsp3) is 0.154. The highest BCUT2D eigenvalue weighted by Crippen LogP contribution is 2.31. The number of rotatable bonds is 4. The molecule has 0 spiro atoms. The van der Waals surface area contributed by atoms with Gasteiger partial charge in [-0.1, -0.05) is 23.9 Å². The number of hydrogen-bond donors (Lipinski definition) is 1. The van der Waals surface area contributed by atoms with Crippen molar-refractivity contribution in [1.29, 1.82) is 0 Å². The number of thiazole rings is 1. The lowest BCUT2D eigenvalue weighted by atomic mass is 10.3. The second kappa shape index (κ2) is 5.14. The van der Waals surface area contributed by atoms with Crippen LogP contribution in [0.2, 0.25) is 0 Å². The Balaban J connectivity index is 1.72. The van der Waals surface area contributed by atoms with E-state index in [0.717, 1.165) is 27.1 Å². The van der Waals surface area contributed by atoms with Gasteiger partial charge in [-0.25, -0.2) is 4.98 Å². The maximum Gasteiger partial charge on any atom is 0.151 e. The molecule has 0 amide bonds. The van der Waals surface area contributed by atoms with E-state index in [-0.39, 0.29) is 0 Å². The van der Waals surface area contributed by atoms with Crippen LogP contribution in [0, 0.1) is 0 Å². The summed E-state index contributed by atoms with van der Waals surface area (Å²) in [6, 6.07) is 12.1. The number of thioether (sulfide) groups is 1. The standard InChI is InChI=1S/C13H12N2OS2/c14-7-9-5-6-10(16-9)8-17-13-15-11-3-1-2-4-12(11)18-13/h1-6H,7-8,14H2. The first kappa shape index (κ1) is 11.8. The topological polar surface area (TPSA) is 52.0 Å². The molecule has 3 nitrogen and oxygen atoms in total. The first-order valence-electron chi connectivity index (χ1n) is 5.61. The summed E-state index contributed by atoms with van der Waals surface area (Å²) < 4.78 is 7.85. The van der Waals surface area contributed by atoms with Crippen LogP contribution in [-0.4, -0.2) is 4.98 Å². The largest absolute Gasteiger partial charge is 0.464 e. The van der Waals surface area contributed by atoms with Gasteiger partial charge in [0.2, 0.25) is 0 Å². The van der Waals surface area contributed by atoms with Gasteiger partial charge >= 0.3 is 0 Å². The molecule has 3 rings (SSSR count). The second-order valence-corrected chi connectivity index (χ2v) is 6.06. The highest BCUT2D eigenvalue weighted by atomic mass is 32.2. The van der Waals surface area contributed by atoms with Crippen molar-refractivity contribution < 1.29 is 4.42 Å². The van der Waals surface area contributed by atoms with Crippen LogP contribution in [0.15, 0.2) is 45.2 Å². The molecule has 0 aliphatic rings. The van der Waals surface area contributed by atoms with Crippen LogP contribution in [0.5, 0.6) is 0 Å². The van der Waals surface area contributed by atoms with Gasteiger partial charge in [0.05, 0.1) is 22.5 Å². The normalized spacial score (nSPS) is 11.2. The molecule has 0 fully saturated rings. The van der Waals surface area contributed by atoms with Crippen LogP contribution >= 0.6 is 23.1 Å². The summed E-state index contributed by atoms with van der Waals surface area (Å²) in [4.78, 5) is 4.57. The van der Waals surface area contributed by atoms with Crippen molar-refractivity contribution in [1.82, 2.24) is 4.98 Å². The Labute approximate surface area is 113 Å². The Morgan fingerprint density at radius 2 is 2.00 bits per heavy atom. The molecule has 1 aromatic carbocycles. The Kier molecular flexibility index (Phi) is 3.36. The molecule has 0 atom stereocenters. The zero-order chi connectivity index (χ0) is 12.4. The molecule has 0 bridgehead atoms. The number of fused-ring (bicyclic) bond motifs is 1. The van der Waals surface area contributed by atoms with E-state index >= 15 is 0 Å². The van der Waals surface area contributed by atoms with Crippen LogP contribution in [-0.2, 0) is 12.3 Å². The number of nitrogens with two attached hydrogens (primary N) is 1. The fourth-order valence-corrected chi connectivity index (χ4v) is 3.62. The average molecular weight is 276 g/mol. The number of nitrogens with zero attached hydrogens (tertiary/aromatic N) is 1. The Morgan fingerprint density at radius 1 is 1.17 bits per heavy atom. The maximum atomic E-state index is 5.56. The molecule has 0 radical (unpaired) electrons.